The smallest absolute Gasteiger partial charge is 0.261 e. The van der Waals surface area contributed by atoms with Gasteiger partial charge in [0.15, 0.2) is 0 Å². The van der Waals surface area contributed by atoms with E-state index in [0.717, 1.165) is 0 Å². The third-order valence-corrected chi connectivity index (χ3v) is 4.55. The molecular weight excluding hydrogens is 340 g/mol. The van der Waals surface area contributed by atoms with Crippen LogP contribution in [0, 0.1) is 12.3 Å². The zero-order valence-electron chi connectivity index (χ0n) is 13.7. The van der Waals surface area contributed by atoms with Crippen LogP contribution < -0.4 is 14.8 Å². The number of rotatable bonds is 7. The fourth-order valence-electron chi connectivity index (χ4n) is 2.04. The van der Waals surface area contributed by atoms with Crippen molar-refractivity contribution < 1.29 is 17.9 Å². The number of sulfonamides is 1. The molecule has 0 saturated heterocycles. The zero-order chi connectivity index (χ0) is 18.3. The van der Waals surface area contributed by atoms with E-state index in [1.165, 1.54) is 24.3 Å². The summed E-state index contributed by atoms with van der Waals surface area (Å²) in [6.45, 7) is 2.46. The molecule has 0 atom stereocenters. The highest BCUT2D eigenvalue weighted by atomic mass is 32.2. The standard InChI is InChI=1S/C18H18N2O4S/c1-3-12-19-18(21)14-6-5-7-17(13-14)25(22,23)20-15-8-10-16(11-9-15)24-4-2/h1,5-11,13,20H,4,12H2,2H3,(H,19,21). The first kappa shape index (κ1) is 18.4. The predicted molar refractivity (Wildman–Crippen MR) is 96.0 cm³/mol. The molecule has 0 spiro atoms. The first-order chi connectivity index (χ1) is 12.0. The van der Waals surface area contributed by atoms with Crippen molar-refractivity contribution in [3.8, 4) is 18.1 Å². The maximum Gasteiger partial charge on any atom is 0.261 e. The fraction of sp³-hybridized carbons (Fsp3) is 0.167. The quantitative estimate of drug-likeness (QED) is 0.744. The molecular formula is C18H18N2O4S. The number of ether oxygens (including phenoxy) is 1. The lowest BCUT2D eigenvalue weighted by Gasteiger charge is -2.10. The zero-order valence-corrected chi connectivity index (χ0v) is 14.5. The number of nitrogens with one attached hydrogen (secondary N) is 2. The minimum atomic E-state index is -3.83. The van der Waals surface area contributed by atoms with E-state index in [1.807, 2.05) is 6.92 Å². The Bertz CT molecular complexity index is 884. The van der Waals surface area contributed by atoms with Crippen molar-refractivity contribution in [3.05, 3.63) is 54.1 Å². The molecule has 1 amide bonds. The van der Waals surface area contributed by atoms with Crippen LogP contribution in [-0.4, -0.2) is 27.5 Å². The summed E-state index contributed by atoms with van der Waals surface area (Å²) >= 11 is 0. The highest BCUT2D eigenvalue weighted by molar-refractivity contribution is 7.92. The number of benzene rings is 2. The van der Waals surface area contributed by atoms with E-state index < -0.39 is 15.9 Å². The number of carbonyl (C=O) groups excluding carboxylic acids is 1. The maximum absolute atomic E-state index is 12.5. The van der Waals surface area contributed by atoms with Gasteiger partial charge < -0.3 is 10.1 Å². The average Bonchev–Trinajstić information content (AvgIpc) is 2.61. The predicted octanol–water partition coefficient (Wildman–Crippen LogP) is 2.25. The summed E-state index contributed by atoms with van der Waals surface area (Å²) in [7, 11) is -3.83. The van der Waals surface area contributed by atoms with E-state index in [4.69, 9.17) is 11.2 Å². The topological polar surface area (TPSA) is 84.5 Å². The third kappa shape index (κ3) is 4.99. The van der Waals surface area contributed by atoms with Gasteiger partial charge in [0.05, 0.1) is 18.0 Å². The molecule has 0 saturated carbocycles. The number of hydrogen-bond donors (Lipinski definition) is 2. The lowest BCUT2D eigenvalue weighted by atomic mass is 10.2. The van der Waals surface area contributed by atoms with Crippen molar-refractivity contribution >= 4 is 21.6 Å². The fourth-order valence-corrected chi connectivity index (χ4v) is 3.14. The molecule has 0 bridgehead atoms. The maximum atomic E-state index is 12.5. The average molecular weight is 358 g/mol. The van der Waals surface area contributed by atoms with Crippen molar-refractivity contribution in [3.63, 3.8) is 0 Å². The number of anilines is 1. The Morgan fingerprint density at radius 1 is 1.20 bits per heavy atom. The van der Waals surface area contributed by atoms with Crippen LogP contribution in [0.3, 0.4) is 0 Å². The van der Waals surface area contributed by atoms with E-state index in [2.05, 4.69) is 16.0 Å². The van der Waals surface area contributed by atoms with Crippen LogP contribution in [0.15, 0.2) is 53.4 Å². The lowest BCUT2D eigenvalue weighted by Crippen LogP contribution is -2.24. The van der Waals surface area contributed by atoms with Gasteiger partial charge in [0.25, 0.3) is 15.9 Å². The molecule has 2 aromatic rings. The van der Waals surface area contributed by atoms with Crippen molar-refractivity contribution in [2.24, 2.45) is 0 Å². The molecule has 0 aliphatic rings. The molecule has 0 aliphatic heterocycles. The van der Waals surface area contributed by atoms with E-state index in [1.54, 1.807) is 24.3 Å². The van der Waals surface area contributed by atoms with Gasteiger partial charge in [-0.15, -0.1) is 6.42 Å². The Hall–Kier alpha value is -2.98. The monoisotopic (exact) mass is 358 g/mol. The normalized spacial score (nSPS) is 10.6. The Morgan fingerprint density at radius 3 is 2.56 bits per heavy atom. The first-order valence-electron chi connectivity index (χ1n) is 7.53. The number of hydrogen-bond acceptors (Lipinski definition) is 4. The molecule has 0 fully saturated rings. The molecule has 6 nitrogen and oxygen atoms in total. The van der Waals surface area contributed by atoms with Gasteiger partial charge in [-0.3, -0.25) is 9.52 Å². The second-order valence-corrected chi connectivity index (χ2v) is 6.66. The van der Waals surface area contributed by atoms with Gasteiger partial charge in [-0.25, -0.2) is 8.42 Å². The van der Waals surface area contributed by atoms with Gasteiger partial charge in [-0.1, -0.05) is 12.0 Å². The van der Waals surface area contributed by atoms with Crippen molar-refractivity contribution in [2.45, 2.75) is 11.8 Å². The SMILES string of the molecule is C#CCNC(=O)c1cccc(S(=O)(=O)Nc2ccc(OCC)cc2)c1. The molecule has 130 valence electrons. The molecule has 2 rings (SSSR count). The molecule has 7 heteroatoms. The minimum absolute atomic E-state index is 0.0188. The highest BCUT2D eigenvalue weighted by Crippen LogP contribution is 2.20. The van der Waals surface area contributed by atoms with Crippen molar-refractivity contribution in [2.75, 3.05) is 17.9 Å². The number of terminal acetylenes is 1. The summed E-state index contributed by atoms with van der Waals surface area (Å²) in [6, 6.07) is 12.3. The molecule has 0 aliphatic carbocycles. The van der Waals surface area contributed by atoms with Crippen LogP contribution in [0.1, 0.15) is 17.3 Å². The Morgan fingerprint density at radius 2 is 1.92 bits per heavy atom. The van der Waals surface area contributed by atoms with E-state index in [-0.39, 0.29) is 17.0 Å². The number of amides is 1. The second kappa shape index (κ2) is 8.22. The van der Waals surface area contributed by atoms with E-state index in [9.17, 15) is 13.2 Å². The lowest BCUT2D eigenvalue weighted by molar-refractivity contribution is 0.0958. The van der Waals surface area contributed by atoms with Gasteiger partial charge in [0, 0.05) is 11.3 Å². The highest BCUT2D eigenvalue weighted by Gasteiger charge is 2.16. The summed E-state index contributed by atoms with van der Waals surface area (Å²) in [5, 5.41) is 2.49. The van der Waals surface area contributed by atoms with Gasteiger partial charge in [0.2, 0.25) is 0 Å². The molecule has 0 aromatic heterocycles. The van der Waals surface area contributed by atoms with Gasteiger partial charge >= 0.3 is 0 Å². The van der Waals surface area contributed by atoms with Gasteiger partial charge in [-0.2, -0.15) is 0 Å². The van der Waals surface area contributed by atoms with Crippen molar-refractivity contribution in [1.82, 2.24) is 5.32 Å². The first-order valence-corrected chi connectivity index (χ1v) is 9.02. The summed E-state index contributed by atoms with van der Waals surface area (Å²) in [6.07, 6.45) is 5.09. The van der Waals surface area contributed by atoms with Crippen LogP contribution in [0.25, 0.3) is 0 Å². The summed E-state index contributed by atoms with van der Waals surface area (Å²) < 4.78 is 32.8. The van der Waals surface area contributed by atoms with Crippen LogP contribution in [0.4, 0.5) is 5.69 Å². The minimum Gasteiger partial charge on any atom is -0.494 e. The number of carbonyl (C=O) groups is 1. The molecule has 0 heterocycles. The van der Waals surface area contributed by atoms with E-state index >= 15 is 0 Å². The van der Waals surface area contributed by atoms with Crippen LogP contribution in [-0.2, 0) is 10.0 Å². The van der Waals surface area contributed by atoms with E-state index in [0.29, 0.717) is 18.0 Å². The molecule has 2 aromatic carbocycles. The Labute approximate surface area is 147 Å². The largest absolute Gasteiger partial charge is 0.494 e. The molecule has 2 N–H and O–H groups in total. The Balaban J connectivity index is 2.19. The third-order valence-electron chi connectivity index (χ3n) is 3.18. The van der Waals surface area contributed by atoms with Crippen LogP contribution in [0.2, 0.25) is 0 Å². The molecule has 25 heavy (non-hydrogen) atoms. The molecule has 0 radical (unpaired) electrons. The van der Waals surface area contributed by atoms with Gasteiger partial charge in [0.1, 0.15) is 5.75 Å². The second-order valence-electron chi connectivity index (χ2n) is 4.98. The van der Waals surface area contributed by atoms with Gasteiger partial charge in [-0.05, 0) is 49.4 Å². The van der Waals surface area contributed by atoms with Crippen LogP contribution in [0.5, 0.6) is 5.75 Å². The Kier molecular flexibility index (Phi) is 6.03. The summed E-state index contributed by atoms with van der Waals surface area (Å²) in [4.78, 5) is 11.9. The van der Waals surface area contributed by atoms with Crippen molar-refractivity contribution in [1.29, 1.82) is 0 Å². The summed E-state index contributed by atoms with van der Waals surface area (Å²) in [5.41, 5.74) is 0.607. The van der Waals surface area contributed by atoms with Crippen LogP contribution >= 0.6 is 0 Å². The molecule has 0 unspecified atom stereocenters. The summed E-state index contributed by atoms with van der Waals surface area (Å²) in [5.74, 6) is 2.50.